The van der Waals surface area contributed by atoms with Crippen LogP contribution in [0.25, 0.3) is 0 Å². The second-order valence-corrected chi connectivity index (χ2v) is 3.43. The van der Waals surface area contributed by atoms with Crippen molar-refractivity contribution >= 4 is 6.09 Å². The first-order valence-electron chi connectivity index (χ1n) is 4.27. The summed E-state index contributed by atoms with van der Waals surface area (Å²) in [6, 6.07) is 0. The highest BCUT2D eigenvalue weighted by Crippen LogP contribution is 2.33. The third-order valence-electron chi connectivity index (χ3n) is 2.75. The summed E-state index contributed by atoms with van der Waals surface area (Å²) in [4.78, 5) is 10.6. The van der Waals surface area contributed by atoms with Gasteiger partial charge in [0.1, 0.15) is 0 Å². The molecule has 0 radical (unpaired) electrons. The Bertz CT molecular complexity index is 155. The van der Waals surface area contributed by atoms with Gasteiger partial charge in [0.25, 0.3) is 0 Å². The fourth-order valence-corrected chi connectivity index (χ4v) is 1.72. The number of alkyl carbamates (subject to hydrolysis) is 1. The van der Waals surface area contributed by atoms with Gasteiger partial charge in [-0.1, -0.05) is 6.42 Å². The number of carbonyl (C=O) groups is 1. The smallest absolute Gasteiger partial charge is 0.407 e. The van der Waals surface area contributed by atoms with Crippen LogP contribution in [0.5, 0.6) is 0 Å². The lowest BCUT2D eigenvalue weighted by atomic mass is 9.76. The summed E-state index contributed by atoms with van der Waals surface area (Å²) in [5.74, 6) is 1.40. The second kappa shape index (κ2) is 2.72. The molecule has 0 aromatic carbocycles. The molecule has 1 unspecified atom stereocenters. The topological polar surface area (TPSA) is 38.3 Å². The lowest BCUT2D eigenvalue weighted by Gasteiger charge is -2.35. The van der Waals surface area contributed by atoms with Crippen molar-refractivity contribution in [3.63, 3.8) is 0 Å². The molecule has 2 fully saturated rings. The van der Waals surface area contributed by atoms with Crippen molar-refractivity contribution < 1.29 is 9.53 Å². The third kappa shape index (κ3) is 1.32. The van der Waals surface area contributed by atoms with Crippen molar-refractivity contribution in [3.8, 4) is 0 Å². The number of ether oxygens (including phenoxy) is 1. The first kappa shape index (κ1) is 6.95. The fraction of sp³-hybridized carbons (Fsp3) is 0.875. The van der Waals surface area contributed by atoms with Crippen molar-refractivity contribution in [2.45, 2.75) is 19.3 Å². The molecule has 1 heterocycles. The average Bonchev–Trinajstić information content (AvgIpc) is 1.90. The summed E-state index contributed by atoms with van der Waals surface area (Å²) in [5.41, 5.74) is 0. The van der Waals surface area contributed by atoms with Gasteiger partial charge in [0.15, 0.2) is 0 Å². The zero-order valence-corrected chi connectivity index (χ0v) is 6.51. The molecule has 11 heavy (non-hydrogen) atoms. The summed E-state index contributed by atoms with van der Waals surface area (Å²) in [6.45, 7) is 1.46. The Hall–Kier alpha value is -0.730. The predicted molar refractivity (Wildman–Crippen MR) is 40.2 cm³/mol. The number of amides is 1. The first-order chi connectivity index (χ1) is 5.36. The third-order valence-corrected chi connectivity index (χ3v) is 2.75. The fourth-order valence-electron chi connectivity index (χ4n) is 1.72. The highest BCUT2D eigenvalue weighted by molar-refractivity contribution is 5.67. The molecule has 1 saturated heterocycles. The van der Waals surface area contributed by atoms with E-state index in [1.165, 1.54) is 19.3 Å². The maximum absolute atomic E-state index is 10.6. The van der Waals surface area contributed by atoms with Crippen LogP contribution in [0.1, 0.15) is 19.3 Å². The van der Waals surface area contributed by atoms with E-state index in [2.05, 4.69) is 5.32 Å². The first-order valence-corrected chi connectivity index (χ1v) is 4.27. The Balaban J connectivity index is 1.82. The minimum Gasteiger partial charge on any atom is -0.449 e. The minimum atomic E-state index is -0.249. The number of hydrogen-bond acceptors (Lipinski definition) is 2. The van der Waals surface area contributed by atoms with Crippen molar-refractivity contribution in [2.24, 2.45) is 11.8 Å². The number of carbonyl (C=O) groups excluding carboxylic acids is 1. The maximum Gasteiger partial charge on any atom is 0.407 e. The number of nitrogens with one attached hydrogen (secondary N) is 1. The molecule has 1 aliphatic carbocycles. The summed E-state index contributed by atoms with van der Waals surface area (Å²) in [5, 5.41) is 2.72. The van der Waals surface area contributed by atoms with Gasteiger partial charge < -0.3 is 10.1 Å². The van der Waals surface area contributed by atoms with Gasteiger partial charge in [-0.05, 0) is 18.8 Å². The van der Waals surface area contributed by atoms with Crippen LogP contribution in [-0.2, 0) is 4.74 Å². The van der Waals surface area contributed by atoms with Crippen molar-refractivity contribution in [2.75, 3.05) is 13.2 Å². The van der Waals surface area contributed by atoms with E-state index in [0.717, 1.165) is 12.5 Å². The van der Waals surface area contributed by atoms with E-state index in [1.54, 1.807) is 0 Å². The van der Waals surface area contributed by atoms with Crippen LogP contribution in [0, 0.1) is 11.8 Å². The van der Waals surface area contributed by atoms with Crippen LogP contribution in [0.4, 0.5) is 4.79 Å². The molecule has 0 bridgehead atoms. The van der Waals surface area contributed by atoms with Crippen LogP contribution in [-0.4, -0.2) is 19.2 Å². The highest BCUT2D eigenvalue weighted by atomic mass is 16.6. The SMILES string of the molecule is O=C1NCC(C2CCC2)CO1. The van der Waals surface area contributed by atoms with E-state index in [4.69, 9.17) is 4.74 Å². The predicted octanol–water partition coefficient (Wildman–Crippen LogP) is 1.14. The quantitative estimate of drug-likeness (QED) is 0.616. The average molecular weight is 155 g/mol. The normalized spacial score (nSPS) is 32.0. The van der Waals surface area contributed by atoms with E-state index in [1.807, 2.05) is 0 Å². The van der Waals surface area contributed by atoms with E-state index in [0.29, 0.717) is 12.5 Å². The summed E-state index contributed by atoms with van der Waals surface area (Å²) < 4.78 is 4.90. The van der Waals surface area contributed by atoms with Gasteiger partial charge in [-0.15, -0.1) is 0 Å². The molecule has 3 heteroatoms. The van der Waals surface area contributed by atoms with Crippen LogP contribution < -0.4 is 5.32 Å². The Labute approximate surface area is 66.1 Å². The molecule has 1 aliphatic heterocycles. The monoisotopic (exact) mass is 155 g/mol. The van der Waals surface area contributed by atoms with E-state index in [9.17, 15) is 4.79 Å². The van der Waals surface area contributed by atoms with Gasteiger partial charge in [0.2, 0.25) is 0 Å². The van der Waals surface area contributed by atoms with Crippen LogP contribution in [0.15, 0.2) is 0 Å². The zero-order valence-electron chi connectivity index (χ0n) is 6.51. The highest BCUT2D eigenvalue weighted by Gasteiger charge is 2.30. The van der Waals surface area contributed by atoms with E-state index < -0.39 is 0 Å². The minimum absolute atomic E-state index is 0.249. The number of rotatable bonds is 1. The lowest BCUT2D eigenvalue weighted by molar-refractivity contribution is 0.0617. The lowest BCUT2D eigenvalue weighted by Crippen LogP contribution is -2.43. The van der Waals surface area contributed by atoms with Crippen molar-refractivity contribution in [3.05, 3.63) is 0 Å². The van der Waals surface area contributed by atoms with Crippen LogP contribution >= 0.6 is 0 Å². The van der Waals surface area contributed by atoms with Gasteiger partial charge in [0.05, 0.1) is 6.61 Å². The van der Waals surface area contributed by atoms with Gasteiger partial charge in [-0.25, -0.2) is 4.79 Å². The molecule has 1 N–H and O–H groups in total. The Kier molecular flexibility index (Phi) is 1.72. The van der Waals surface area contributed by atoms with Crippen LogP contribution in [0.2, 0.25) is 0 Å². The largest absolute Gasteiger partial charge is 0.449 e. The van der Waals surface area contributed by atoms with Gasteiger partial charge in [0, 0.05) is 12.5 Å². The molecule has 0 spiro atoms. The number of hydrogen-bond donors (Lipinski definition) is 1. The van der Waals surface area contributed by atoms with Gasteiger partial charge in [-0.3, -0.25) is 0 Å². The second-order valence-electron chi connectivity index (χ2n) is 3.43. The molecule has 62 valence electrons. The Morgan fingerprint density at radius 2 is 2.18 bits per heavy atom. The summed E-state index contributed by atoms with van der Waals surface area (Å²) in [6.07, 6.45) is 3.75. The molecule has 2 rings (SSSR count). The van der Waals surface area contributed by atoms with Gasteiger partial charge in [-0.2, -0.15) is 0 Å². The standard InChI is InChI=1S/C8H13NO2/c10-8-9-4-7(5-11-8)6-2-1-3-6/h6-7H,1-5H2,(H,9,10). The van der Waals surface area contributed by atoms with Gasteiger partial charge >= 0.3 is 6.09 Å². The molecule has 3 nitrogen and oxygen atoms in total. The maximum atomic E-state index is 10.6. The molecule has 1 atom stereocenters. The number of cyclic esters (lactones) is 1. The zero-order chi connectivity index (χ0) is 7.68. The Morgan fingerprint density at radius 1 is 1.36 bits per heavy atom. The van der Waals surface area contributed by atoms with Crippen molar-refractivity contribution in [1.29, 1.82) is 0 Å². The molecule has 2 aliphatic rings. The van der Waals surface area contributed by atoms with Crippen molar-refractivity contribution in [1.82, 2.24) is 5.32 Å². The molecule has 0 aromatic heterocycles. The summed E-state index contributed by atoms with van der Waals surface area (Å²) >= 11 is 0. The molecule has 0 aromatic rings. The summed E-state index contributed by atoms with van der Waals surface area (Å²) in [7, 11) is 0. The van der Waals surface area contributed by atoms with E-state index >= 15 is 0 Å². The van der Waals surface area contributed by atoms with Crippen LogP contribution in [0.3, 0.4) is 0 Å². The van der Waals surface area contributed by atoms with E-state index in [-0.39, 0.29) is 6.09 Å². The Morgan fingerprint density at radius 3 is 2.64 bits per heavy atom. The molecular weight excluding hydrogens is 142 g/mol. The molecule has 1 amide bonds. The molecule has 1 saturated carbocycles. The molecular formula is C8H13NO2.